The highest BCUT2D eigenvalue weighted by Gasteiger charge is 2.04. The fourth-order valence-electron chi connectivity index (χ4n) is 0.612. The van der Waals surface area contributed by atoms with E-state index in [0.29, 0.717) is 14.9 Å². The van der Waals surface area contributed by atoms with Crippen LogP contribution >= 0.6 is 34.5 Å². The van der Waals surface area contributed by atoms with E-state index in [2.05, 4.69) is 10.5 Å². The summed E-state index contributed by atoms with van der Waals surface area (Å²) in [6, 6.07) is 0. The van der Waals surface area contributed by atoms with Gasteiger partial charge in [-0.05, 0) is 0 Å². The summed E-state index contributed by atoms with van der Waals surface area (Å²) in [5, 5.41) is 5.87. The lowest BCUT2D eigenvalue weighted by molar-refractivity contribution is -0.118. The van der Waals surface area contributed by atoms with Gasteiger partial charge in [0.15, 0.2) is 0 Å². The Morgan fingerprint density at radius 3 is 2.85 bits per heavy atom. The molecule has 1 rings (SSSR count). The van der Waals surface area contributed by atoms with Crippen molar-refractivity contribution < 1.29 is 4.79 Å². The van der Waals surface area contributed by atoms with Crippen LogP contribution in [-0.2, 0) is 4.79 Å². The fraction of sp³-hybridized carbons (Fsp3) is 0.143. The number of carbonyl (C=O) groups is 1. The Morgan fingerprint density at radius 1 is 1.69 bits per heavy atom. The van der Waals surface area contributed by atoms with Crippen LogP contribution in [-0.4, -0.2) is 12.1 Å². The van der Waals surface area contributed by atoms with Crippen molar-refractivity contribution >= 4 is 46.7 Å². The second kappa shape index (κ2) is 4.60. The van der Waals surface area contributed by atoms with Crippen LogP contribution in [0.2, 0.25) is 9.36 Å². The maximum atomic E-state index is 10.4. The summed E-state index contributed by atoms with van der Waals surface area (Å²) in [4.78, 5) is 10.4. The third-order valence-electron chi connectivity index (χ3n) is 1.14. The maximum absolute atomic E-state index is 10.4. The Bertz CT molecular complexity index is 348. The van der Waals surface area contributed by atoms with Gasteiger partial charge in [0.1, 0.15) is 4.34 Å². The number of carbonyl (C=O) groups excluding carboxylic acids is 1. The van der Waals surface area contributed by atoms with E-state index in [1.165, 1.54) is 24.5 Å². The molecule has 1 aromatic heterocycles. The SMILES string of the molecule is CC(=O)N/N=C/c1csc(Cl)c1Cl. The van der Waals surface area contributed by atoms with Crippen LogP contribution in [0.3, 0.4) is 0 Å². The Balaban J connectivity index is 2.69. The number of halogens is 2. The zero-order chi connectivity index (χ0) is 9.84. The highest BCUT2D eigenvalue weighted by atomic mass is 35.5. The standard InChI is InChI=1S/C7H6Cl2N2OS/c1-4(12)11-10-2-5-3-13-7(9)6(5)8/h2-3H,1H3,(H,11,12)/b10-2+. The van der Waals surface area contributed by atoms with E-state index in [4.69, 9.17) is 23.2 Å². The van der Waals surface area contributed by atoms with Crippen LogP contribution in [0, 0.1) is 0 Å². The van der Waals surface area contributed by atoms with Gasteiger partial charge in [0.25, 0.3) is 0 Å². The molecule has 1 amide bonds. The molecule has 1 aromatic rings. The summed E-state index contributed by atoms with van der Waals surface area (Å²) in [5.74, 6) is -0.228. The number of hydrogen-bond donors (Lipinski definition) is 1. The minimum absolute atomic E-state index is 0.228. The summed E-state index contributed by atoms with van der Waals surface area (Å²) in [5.41, 5.74) is 2.96. The molecule has 0 atom stereocenters. The van der Waals surface area contributed by atoms with E-state index in [9.17, 15) is 4.79 Å². The van der Waals surface area contributed by atoms with Crippen molar-refractivity contribution in [1.29, 1.82) is 0 Å². The normalized spacial score (nSPS) is 10.7. The molecule has 0 bridgehead atoms. The average molecular weight is 237 g/mol. The number of amides is 1. The zero-order valence-electron chi connectivity index (χ0n) is 6.67. The van der Waals surface area contributed by atoms with Crippen molar-refractivity contribution in [3.05, 3.63) is 20.3 Å². The van der Waals surface area contributed by atoms with E-state index >= 15 is 0 Å². The third kappa shape index (κ3) is 2.99. The smallest absolute Gasteiger partial charge is 0.236 e. The van der Waals surface area contributed by atoms with Gasteiger partial charge in [0.05, 0.1) is 11.2 Å². The van der Waals surface area contributed by atoms with E-state index in [1.807, 2.05) is 0 Å². The lowest BCUT2D eigenvalue weighted by Gasteiger charge is -1.90. The van der Waals surface area contributed by atoms with Gasteiger partial charge in [0, 0.05) is 17.9 Å². The van der Waals surface area contributed by atoms with Crippen LogP contribution in [0.1, 0.15) is 12.5 Å². The van der Waals surface area contributed by atoms with E-state index < -0.39 is 0 Å². The summed E-state index contributed by atoms with van der Waals surface area (Å²) in [6.45, 7) is 1.37. The molecule has 0 saturated heterocycles. The van der Waals surface area contributed by atoms with E-state index in [0.717, 1.165) is 0 Å². The Hall–Kier alpha value is -0.580. The molecule has 0 unspecified atom stereocenters. The average Bonchev–Trinajstić information content (AvgIpc) is 2.35. The molecule has 0 aliphatic carbocycles. The predicted octanol–water partition coefficient (Wildman–Crippen LogP) is 2.52. The lowest BCUT2D eigenvalue weighted by Crippen LogP contribution is -2.12. The van der Waals surface area contributed by atoms with Crippen LogP contribution in [0.5, 0.6) is 0 Å². The second-order valence-electron chi connectivity index (χ2n) is 2.20. The van der Waals surface area contributed by atoms with Gasteiger partial charge in [-0.2, -0.15) is 5.10 Å². The molecule has 1 heterocycles. The largest absolute Gasteiger partial charge is 0.274 e. The van der Waals surface area contributed by atoms with Gasteiger partial charge in [0.2, 0.25) is 5.91 Å². The number of hydrogen-bond acceptors (Lipinski definition) is 3. The monoisotopic (exact) mass is 236 g/mol. The van der Waals surface area contributed by atoms with Gasteiger partial charge in [-0.3, -0.25) is 4.79 Å². The van der Waals surface area contributed by atoms with Crippen LogP contribution < -0.4 is 5.43 Å². The topological polar surface area (TPSA) is 41.5 Å². The van der Waals surface area contributed by atoms with Gasteiger partial charge < -0.3 is 0 Å². The van der Waals surface area contributed by atoms with Crippen LogP contribution in [0.15, 0.2) is 10.5 Å². The van der Waals surface area contributed by atoms with E-state index in [1.54, 1.807) is 5.38 Å². The summed E-state index contributed by atoms with van der Waals surface area (Å²) in [7, 11) is 0. The van der Waals surface area contributed by atoms with Crippen molar-refractivity contribution in [2.45, 2.75) is 6.92 Å². The molecule has 0 aliphatic heterocycles. The quantitative estimate of drug-likeness (QED) is 0.623. The highest BCUT2D eigenvalue weighted by Crippen LogP contribution is 2.30. The molecule has 3 nitrogen and oxygen atoms in total. The lowest BCUT2D eigenvalue weighted by atomic mass is 10.4. The van der Waals surface area contributed by atoms with Crippen molar-refractivity contribution in [3.8, 4) is 0 Å². The molecule has 0 saturated carbocycles. The summed E-state index contributed by atoms with van der Waals surface area (Å²) in [6.07, 6.45) is 1.45. The van der Waals surface area contributed by atoms with Gasteiger partial charge >= 0.3 is 0 Å². The van der Waals surface area contributed by atoms with Crippen molar-refractivity contribution in [1.82, 2.24) is 5.43 Å². The number of thiophene rings is 1. The van der Waals surface area contributed by atoms with Crippen molar-refractivity contribution in [3.63, 3.8) is 0 Å². The van der Waals surface area contributed by atoms with Crippen molar-refractivity contribution in [2.75, 3.05) is 0 Å². The Morgan fingerprint density at radius 2 is 2.38 bits per heavy atom. The second-order valence-corrected chi connectivity index (χ2v) is 4.06. The molecule has 0 aliphatic rings. The number of nitrogens with zero attached hydrogens (tertiary/aromatic N) is 1. The first-order chi connectivity index (χ1) is 6.11. The van der Waals surface area contributed by atoms with Gasteiger partial charge in [-0.25, -0.2) is 5.43 Å². The van der Waals surface area contributed by atoms with Gasteiger partial charge in [-0.15, -0.1) is 11.3 Å². The number of rotatable bonds is 2. The zero-order valence-corrected chi connectivity index (χ0v) is 9.00. The molecule has 70 valence electrons. The highest BCUT2D eigenvalue weighted by molar-refractivity contribution is 7.15. The molecule has 0 fully saturated rings. The van der Waals surface area contributed by atoms with E-state index in [-0.39, 0.29) is 5.91 Å². The third-order valence-corrected chi connectivity index (χ3v) is 3.00. The molecule has 6 heteroatoms. The molecule has 13 heavy (non-hydrogen) atoms. The van der Waals surface area contributed by atoms with Crippen LogP contribution in [0.4, 0.5) is 0 Å². The first-order valence-corrected chi connectivity index (χ1v) is 4.97. The molecule has 0 spiro atoms. The first kappa shape index (κ1) is 10.5. The minimum atomic E-state index is -0.228. The maximum Gasteiger partial charge on any atom is 0.236 e. The Kier molecular flexibility index (Phi) is 3.71. The van der Waals surface area contributed by atoms with Crippen molar-refractivity contribution in [2.24, 2.45) is 5.10 Å². The number of nitrogens with one attached hydrogen (secondary N) is 1. The molecule has 1 N–H and O–H groups in total. The first-order valence-electron chi connectivity index (χ1n) is 3.33. The molecular weight excluding hydrogens is 231 g/mol. The molecule has 0 aromatic carbocycles. The fourth-order valence-corrected chi connectivity index (χ4v) is 1.79. The molecule has 0 radical (unpaired) electrons. The Labute approximate surface area is 89.3 Å². The minimum Gasteiger partial charge on any atom is -0.274 e. The number of hydrazone groups is 1. The summed E-state index contributed by atoms with van der Waals surface area (Å²) < 4.78 is 0.519. The van der Waals surface area contributed by atoms with Gasteiger partial charge in [-0.1, -0.05) is 23.2 Å². The van der Waals surface area contributed by atoms with Crippen LogP contribution in [0.25, 0.3) is 0 Å². The molecular formula is C7H6Cl2N2OS. The summed E-state index contributed by atoms with van der Waals surface area (Å²) >= 11 is 12.8. The predicted molar refractivity (Wildman–Crippen MR) is 55.7 cm³/mol.